The van der Waals surface area contributed by atoms with E-state index in [4.69, 9.17) is 4.74 Å². The van der Waals surface area contributed by atoms with Crippen molar-refractivity contribution in [2.75, 3.05) is 19.0 Å². The fourth-order valence-corrected chi connectivity index (χ4v) is 2.64. The number of anilines is 1. The summed E-state index contributed by atoms with van der Waals surface area (Å²) in [5, 5.41) is 12.1. The number of nitrogens with zero attached hydrogens (tertiary/aromatic N) is 3. The third-order valence-corrected chi connectivity index (χ3v) is 3.89. The normalized spacial score (nSPS) is 11.3. The summed E-state index contributed by atoms with van der Waals surface area (Å²) in [6.07, 6.45) is 4.24. The van der Waals surface area contributed by atoms with Crippen LogP contribution in [0.3, 0.4) is 0 Å². The second-order valence-electron chi connectivity index (χ2n) is 5.51. The van der Waals surface area contributed by atoms with Gasteiger partial charge in [0.15, 0.2) is 0 Å². The topological polar surface area (TPSA) is 78.2 Å². The van der Waals surface area contributed by atoms with E-state index in [1.165, 1.54) is 0 Å². The van der Waals surface area contributed by atoms with Gasteiger partial charge in [0.05, 0.1) is 18.2 Å². The predicted molar refractivity (Wildman–Crippen MR) is 96.4 cm³/mol. The molecule has 130 valence electrons. The van der Waals surface area contributed by atoms with Gasteiger partial charge in [-0.25, -0.2) is 4.79 Å². The summed E-state index contributed by atoms with van der Waals surface area (Å²) in [4.78, 5) is 18.3. The number of nitrogens with one attached hydrogen (secondary N) is 1. The molecule has 0 bridgehead atoms. The zero-order valence-corrected chi connectivity index (χ0v) is 14.7. The Morgan fingerprint density at radius 1 is 1.40 bits per heavy atom. The molecular weight excluding hydrogens is 316 g/mol. The second-order valence-corrected chi connectivity index (χ2v) is 5.51. The van der Waals surface area contributed by atoms with Crippen LogP contribution in [0, 0.1) is 11.3 Å². The van der Waals surface area contributed by atoms with E-state index in [0.29, 0.717) is 23.6 Å². The quantitative estimate of drug-likeness (QED) is 0.864. The van der Waals surface area contributed by atoms with Gasteiger partial charge in [0.25, 0.3) is 0 Å². The first-order chi connectivity index (χ1) is 12.1. The lowest BCUT2D eigenvalue weighted by molar-refractivity contribution is 0.202. The number of amides is 2. The van der Waals surface area contributed by atoms with Gasteiger partial charge in [-0.2, -0.15) is 5.26 Å². The van der Waals surface area contributed by atoms with Crippen LogP contribution in [0.5, 0.6) is 5.75 Å². The highest BCUT2D eigenvalue weighted by molar-refractivity contribution is 5.89. The number of benzene rings is 1. The van der Waals surface area contributed by atoms with Crippen molar-refractivity contribution in [3.05, 3.63) is 53.9 Å². The molecule has 1 heterocycles. The average Bonchev–Trinajstić information content (AvgIpc) is 2.64. The Morgan fingerprint density at radius 3 is 2.80 bits per heavy atom. The SMILES string of the molecule is CCOc1ccc(NC(=O)N(C)[C@H](CC)c2cccnc2)cc1C#N. The van der Waals surface area contributed by atoms with Crippen LogP contribution in [0.25, 0.3) is 0 Å². The van der Waals surface area contributed by atoms with Gasteiger partial charge < -0.3 is 15.0 Å². The van der Waals surface area contributed by atoms with Crippen LogP contribution in [-0.4, -0.2) is 29.6 Å². The molecule has 2 amide bonds. The lowest BCUT2D eigenvalue weighted by atomic mass is 10.1. The molecule has 0 spiro atoms. The molecule has 2 aromatic rings. The highest BCUT2D eigenvalue weighted by Gasteiger charge is 2.20. The van der Waals surface area contributed by atoms with E-state index in [2.05, 4.69) is 16.4 Å². The largest absolute Gasteiger partial charge is 0.492 e. The zero-order valence-electron chi connectivity index (χ0n) is 14.7. The van der Waals surface area contributed by atoms with E-state index in [-0.39, 0.29) is 12.1 Å². The average molecular weight is 338 g/mol. The highest BCUT2D eigenvalue weighted by Crippen LogP contribution is 2.25. The van der Waals surface area contributed by atoms with Gasteiger partial charge in [-0.05, 0) is 43.2 Å². The van der Waals surface area contributed by atoms with Crippen LogP contribution >= 0.6 is 0 Å². The van der Waals surface area contributed by atoms with Crippen molar-refractivity contribution < 1.29 is 9.53 Å². The monoisotopic (exact) mass is 338 g/mol. The van der Waals surface area contributed by atoms with Crippen molar-refractivity contribution in [2.24, 2.45) is 0 Å². The first-order valence-corrected chi connectivity index (χ1v) is 8.21. The zero-order chi connectivity index (χ0) is 18.2. The number of ether oxygens (including phenoxy) is 1. The maximum Gasteiger partial charge on any atom is 0.322 e. The minimum Gasteiger partial charge on any atom is -0.492 e. The molecule has 1 aromatic heterocycles. The van der Waals surface area contributed by atoms with Crippen molar-refractivity contribution in [1.82, 2.24) is 9.88 Å². The Morgan fingerprint density at radius 2 is 2.20 bits per heavy atom. The van der Waals surface area contributed by atoms with Crippen LogP contribution < -0.4 is 10.1 Å². The van der Waals surface area contributed by atoms with E-state index in [9.17, 15) is 10.1 Å². The summed E-state index contributed by atoms with van der Waals surface area (Å²) in [5.74, 6) is 0.512. The summed E-state index contributed by atoms with van der Waals surface area (Å²) >= 11 is 0. The van der Waals surface area contributed by atoms with Gasteiger partial charge in [0.1, 0.15) is 11.8 Å². The Labute approximate surface area is 148 Å². The van der Waals surface area contributed by atoms with Gasteiger partial charge in [-0.3, -0.25) is 4.98 Å². The number of rotatable bonds is 6. The van der Waals surface area contributed by atoms with Crippen LogP contribution in [0.4, 0.5) is 10.5 Å². The summed E-state index contributed by atoms with van der Waals surface area (Å²) in [6, 6.07) is 10.6. The lowest BCUT2D eigenvalue weighted by Gasteiger charge is -2.27. The molecule has 0 unspecified atom stereocenters. The summed E-state index contributed by atoms with van der Waals surface area (Å²) < 4.78 is 5.40. The molecule has 0 aliphatic rings. The molecule has 6 heteroatoms. The molecule has 0 aliphatic carbocycles. The summed E-state index contributed by atoms with van der Waals surface area (Å²) in [5.41, 5.74) is 1.92. The number of carbonyl (C=O) groups excluding carboxylic acids is 1. The number of aromatic nitrogens is 1. The minimum atomic E-state index is -0.247. The minimum absolute atomic E-state index is 0.0770. The Hall–Kier alpha value is -3.07. The number of nitriles is 1. The molecule has 0 saturated carbocycles. The maximum atomic E-state index is 12.6. The van der Waals surface area contributed by atoms with Crippen molar-refractivity contribution >= 4 is 11.7 Å². The molecule has 0 fully saturated rings. The molecular formula is C19H22N4O2. The Bertz CT molecular complexity index is 756. The molecule has 1 atom stereocenters. The fraction of sp³-hybridized carbons (Fsp3) is 0.316. The molecule has 1 aromatic carbocycles. The van der Waals surface area contributed by atoms with Gasteiger partial charge in [0.2, 0.25) is 0 Å². The van der Waals surface area contributed by atoms with Gasteiger partial charge in [0, 0.05) is 25.1 Å². The molecule has 2 rings (SSSR count). The molecule has 6 nitrogen and oxygen atoms in total. The van der Waals surface area contributed by atoms with E-state index in [1.807, 2.05) is 26.0 Å². The van der Waals surface area contributed by atoms with E-state index in [0.717, 1.165) is 12.0 Å². The standard InChI is InChI=1S/C19H22N4O2/c1-4-17(14-7-6-10-21-13-14)23(3)19(24)22-16-8-9-18(25-5-2)15(11-16)12-20/h6-11,13,17H,4-5H2,1-3H3,(H,22,24)/t17-/m1/s1. The Balaban J connectivity index is 2.14. The first-order valence-electron chi connectivity index (χ1n) is 8.21. The lowest BCUT2D eigenvalue weighted by Crippen LogP contribution is -2.34. The molecule has 0 radical (unpaired) electrons. The second kappa shape index (κ2) is 8.69. The molecule has 25 heavy (non-hydrogen) atoms. The third kappa shape index (κ3) is 4.48. The number of carbonyl (C=O) groups is 1. The van der Waals surface area contributed by atoms with Crippen molar-refractivity contribution in [3.8, 4) is 11.8 Å². The highest BCUT2D eigenvalue weighted by atomic mass is 16.5. The first kappa shape index (κ1) is 18.3. The van der Waals surface area contributed by atoms with Gasteiger partial charge in [-0.1, -0.05) is 13.0 Å². The number of urea groups is 1. The van der Waals surface area contributed by atoms with E-state index < -0.39 is 0 Å². The number of pyridine rings is 1. The Kier molecular flexibility index (Phi) is 6.35. The summed E-state index contributed by atoms with van der Waals surface area (Å²) in [6.45, 7) is 4.35. The number of hydrogen-bond acceptors (Lipinski definition) is 4. The van der Waals surface area contributed by atoms with Crippen molar-refractivity contribution in [1.29, 1.82) is 5.26 Å². The molecule has 1 N–H and O–H groups in total. The van der Waals surface area contributed by atoms with Gasteiger partial charge in [-0.15, -0.1) is 0 Å². The molecule has 0 saturated heterocycles. The van der Waals surface area contributed by atoms with E-state index >= 15 is 0 Å². The fourth-order valence-electron chi connectivity index (χ4n) is 2.64. The van der Waals surface area contributed by atoms with Crippen LogP contribution in [0.1, 0.15) is 37.4 Å². The third-order valence-electron chi connectivity index (χ3n) is 3.89. The van der Waals surface area contributed by atoms with Crippen LogP contribution in [0.2, 0.25) is 0 Å². The maximum absolute atomic E-state index is 12.6. The van der Waals surface area contributed by atoms with Crippen LogP contribution in [0.15, 0.2) is 42.7 Å². The van der Waals surface area contributed by atoms with E-state index in [1.54, 1.807) is 42.5 Å². The smallest absolute Gasteiger partial charge is 0.322 e. The van der Waals surface area contributed by atoms with Crippen LogP contribution in [-0.2, 0) is 0 Å². The number of hydrogen-bond donors (Lipinski definition) is 1. The van der Waals surface area contributed by atoms with Crippen molar-refractivity contribution in [2.45, 2.75) is 26.3 Å². The van der Waals surface area contributed by atoms with Crippen molar-refractivity contribution in [3.63, 3.8) is 0 Å². The van der Waals surface area contributed by atoms with Gasteiger partial charge >= 0.3 is 6.03 Å². The summed E-state index contributed by atoms with van der Waals surface area (Å²) in [7, 11) is 1.75. The molecule has 0 aliphatic heterocycles. The predicted octanol–water partition coefficient (Wildman–Crippen LogP) is 3.97.